The summed E-state index contributed by atoms with van der Waals surface area (Å²) < 4.78 is 22.5. The lowest BCUT2D eigenvalue weighted by Gasteiger charge is -2.32. The predicted octanol–water partition coefficient (Wildman–Crippen LogP) is 7.84. The van der Waals surface area contributed by atoms with Crippen LogP contribution in [0.5, 0.6) is 0 Å². The van der Waals surface area contributed by atoms with E-state index in [1.165, 1.54) is 55.8 Å². The van der Waals surface area contributed by atoms with Crippen molar-refractivity contribution in [3.63, 3.8) is 0 Å². The first kappa shape index (κ1) is 31.9. The summed E-state index contributed by atoms with van der Waals surface area (Å²) in [4.78, 5) is 2.49. The van der Waals surface area contributed by atoms with E-state index >= 15 is 0 Å². The van der Waals surface area contributed by atoms with Gasteiger partial charge in [0, 0.05) is 29.6 Å². The van der Waals surface area contributed by atoms with Crippen LogP contribution in [0, 0.1) is 27.7 Å². The van der Waals surface area contributed by atoms with Gasteiger partial charge < -0.3 is 23.8 Å². The van der Waals surface area contributed by atoms with Crippen molar-refractivity contribution >= 4 is 5.69 Å². The molecule has 46 heavy (non-hydrogen) atoms. The summed E-state index contributed by atoms with van der Waals surface area (Å²) in [5.41, 5.74) is 13.5. The Kier molecular flexibility index (Phi) is 8.37. The van der Waals surface area contributed by atoms with Gasteiger partial charge in [-0.3, -0.25) is 0 Å². The molecular formula is C41H53NO4. The highest BCUT2D eigenvalue weighted by Gasteiger charge is 2.36. The quantitative estimate of drug-likeness (QED) is 0.171. The maximum Gasteiger partial charge on any atom is 0.0984 e. The molecule has 4 saturated heterocycles. The Balaban J connectivity index is 1.12. The van der Waals surface area contributed by atoms with Gasteiger partial charge in [-0.2, -0.15) is 0 Å². The summed E-state index contributed by atoms with van der Waals surface area (Å²) in [6.07, 6.45) is 3.75. The molecule has 0 saturated carbocycles. The average Bonchev–Trinajstić information content (AvgIpc) is 3.80. The zero-order valence-corrected chi connectivity index (χ0v) is 29.2. The average molecular weight is 624 g/mol. The molecule has 4 fully saturated rings. The normalized spacial score (nSPS) is 24.1. The number of ether oxygens (including phenoxy) is 4. The van der Waals surface area contributed by atoms with Crippen LogP contribution in [-0.4, -0.2) is 63.9 Å². The van der Waals surface area contributed by atoms with Crippen molar-refractivity contribution in [2.45, 2.75) is 109 Å². The lowest BCUT2D eigenvalue weighted by molar-refractivity contribution is 0.344. The van der Waals surface area contributed by atoms with E-state index in [0.29, 0.717) is 30.3 Å². The molecular weight excluding hydrogens is 570 g/mol. The molecule has 4 unspecified atom stereocenters. The van der Waals surface area contributed by atoms with Crippen molar-refractivity contribution in [1.29, 1.82) is 0 Å². The second kappa shape index (κ2) is 12.1. The molecule has 7 rings (SSSR count). The number of aryl methyl sites for hydroxylation is 4. The third-order valence-electron chi connectivity index (χ3n) is 11.1. The van der Waals surface area contributed by atoms with E-state index in [2.05, 4.69) is 109 Å². The molecule has 4 aliphatic heterocycles. The molecule has 0 aromatic heterocycles. The standard InChI is InChI=1S/C41H53NO4/c1-25-13-32(14-26(2)38(25)29(17-34-21-43-34)18-35-22-44-35)40(5,6)30-9-11-31(12-10-30)41(7,8)33-15-27(3)39(28(4)16-33)42(19-36-23-45-36)20-37-24-46-37/h9-16,29,34-37H,17-24H2,1-8H3. The van der Waals surface area contributed by atoms with Crippen molar-refractivity contribution < 1.29 is 18.9 Å². The molecule has 3 aromatic rings. The lowest BCUT2D eigenvalue weighted by atomic mass is 9.73. The summed E-state index contributed by atoms with van der Waals surface area (Å²) in [6.45, 7) is 24.0. The van der Waals surface area contributed by atoms with Crippen LogP contribution in [-0.2, 0) is 29.8 Å². The number of benzene rings is 3. The Labute approximate surface area is 276 Å². The molecule has 0 N–H and O–H groups in total. The maximum atomic E-state index is 5.64. The topological polar surface area (TPSA) is 53.4 Å². The van der Waals surface area contributed by atoms with E-state index in [1.54, 1.807) is 0 Å². The van der Waals surface area contributed by atoms with Gasteiger partial charge in [-0.05, 0) is 96.5 Å². The minimum absolute atomic E-state index is 0.111. The molecule has 5 nitrogen and oxygen atoms in total. The number of hydrogen-bond donors (Lipinski definition) is 0. The molecule has 0 spiro atoms. The van der Waals surface area contributed by atoms with Crippen LogP contribution in [0.25, 0.3) is 0 Å². The zero-order valence-electron chi connectivity index (χ0n) is 29.2. The van der Waals surface area contributed by atoms with Gasteiger partial charge in [0.25, 0.3) is 0 Å². The second-order valence-electron chi connectivity index (χ2n) is 15.7. The van der Waals surface area contributed by atoms with Crippen LogP contribution in [0.3, 0.4) is 0 Å². The Morgan fingerprint density at radius 1 is 0.565 bits per heavy atom. The van der Waals surface area contributed by atoms with Gasteiger partial charge in [0.1, 0.15) is 0 Å². The van der Waals surface area contributed by atoms with Gasteiger partial charge in [-0.15, -0.1) is 0 Å². The lowest BCUT2D eigenvalue weighted by Crippen LogP contribution is -2.33. The van der Waals surface area contributed by atoms with Crippen molar-refractivity contribution in [3.05, 3.63) is 98.6 Å². The van der Waals surface area contributed by atoms with E-state index in [4.69, 9.17) is 18.9 Å². The van der Waals surface area contributed by atoms with Gasteiger partial charge >= 0.3 is 0 Å². The largest absolute Gasteiger partial charge is 0.373 e. The summed E-state index contributed by atoms with van der Waals surface area (Å²) in [5, 5.41) is 0. The van der Waals surface area contributed by atoms with Crippen LogP contribution in [0.2, 0.25) is 0 Å². The van der Waals surface area contributed by atoms with E-state index < -0.39 is 0 Å². The molecule has 4 heterocycles. The number of epoxide rings is 4. The summed E-state index contributed by atoms with van der Waals surface area (Å²) in [6, 6.07) is 19.1. The molecule has 0 aliphatic carbocycles. The van der Waals surface area contributed by atoms with Gasteiger partial charge in [0.2, 0.25) is 0 Å². The fourth-order valence-electron chi connectivity index (χ4n) is 7.90. The SMILES string of the molecule is Cc1cc(C(C)(C)c2ccc(C(C)(C)c3cc(C)c(N(CC4CO4)CC4CO4)c(C)c3)cc2)cc(C)c1C(CC1CO1)CC1CO1. The Morgan fingerprint density at radius 2 is 0.913 bits per heavy atom. The predicted molar refractivity (Wildman–Crippen MR) is 186 cm³/mol. The van der Waals surface area contributed by atoms with Crippen LogP contribution in [0.1, 0.15) is 96.5 Å². The van der Waals surface area contributed by atoms with E-state index in [0.717, 1.165) is 52.4 Å². The second-order valence-corrected chi connectivity index (χ2v) is 15.7. The number of anilines is 1. The molecule has 0 amide bonds. The van der Waals surface area contributed by atoms with Gasteiger partial charge in [-0.25, -0.2) is 0 Å². The van der Waals surface area contributed by atoms with Gasteiger partial charge in [-0.1, -0.05) is 76.2 Å². The van der Waals surface area contributed by atoms with Gasteiger partial charge in [0.05, 0.1) is 50.8 Å². The highest BCUT2D eigenvalue weighted by atomic mass is 16.6. The molecule has 246 valence electrons. The van der Waals surface area contributed by atoms with Gasteiger partial charge in [0.15, 0.2) is 0 Å². The first-order valence-electron chi connectivity index (χ1n) is 17.5. The van der Waals surface area contributed by atoms with E-state index in [9.17, 15) is 0 Å². The Hall–Kier alpha value is -2.70. The van der Waals surface area contributed by atoms with Crippen molar-refractivity contribution in [1.82, 2.24) is 0 Å². The third-order valence-corrected chi connectivity index (χ3v) is 11.1. The third kappa shape index (κ3) is 6.80. The minimum atomic E-state index is -0.124. The first-order chi connectivity index (χ1) is 21.9. The Bertz CT molecular complexity index is 1380. The molecule has 0 radical (unpaired) electrons. The van der Waals surface area contributed by atoms with Crippen LogP contribution >= 0.6 is 0 Å². The van der Waals surface area contributed by atoms with Crippen molar-refractivity contribution in [3.8, 4) is 0 Å². The zero-order chi connectivity index (χ0) is 32.4. The fourth-order valence-corrected chi connectivity index (χ4v) is 7.90. The van der Waals surface area contributed by atoms with Crippen LogP contribution in [0.15, 0.2) is 48.5 Å². The number of nitrogens with zero attached hydrogens (tertiary/aromatic N) is 1. The maximum absolute atomic E-state index is 5.64. The monoisotopic (exact) mass is 623 g/mol. The fraction of sp³-hybridized carbons (Fsp3) is 0.561. The summed E-state index contributed by atoms with van der Waals surface area (Å²) in [7, 11) is 0. The summed E-state index contributed by atoms with van der Waals surface area (Å²) >= 11 is 0. The van der Waals surface area contributed by atoms with E-state index in [-0.39, 0.29) is 10.8 Å². The Morgan fingerprint density at radius 3 is 1.26 bits per heavy atom. The van der Waals surface area contributed by atoms with Crippen molar-refractivity contribution in [2.24, 2.45) is 0 Å². The molecule has 0 bridgehead atoms. The molecule has 4 aliphatic rings. The molecule has 4 atom stereocenters. The minimum Gasteiger partial charge on any atom is -0.373 e. The molecule has 5 heteroatoms. The summed E-state index contributed by atoms with van der Waals surface area (Å²) in [5.74, 6) is 0.502. The highest BCUT2D eigenvalue weighted by Crippen LogP contribution is 2.42. The smallest absolute Gasteiger partial charge is 0.0984 e. The van der Waals surface area contributed by atoms with E-state index in [1.807, 2.05) is 0 Å². The molecule has 3 aromatic carbocycles. The van der Waals surface area contributed by atoms with Crippen LogP contribution in [0.4, 0.5) is 5.69 Å². The van der Waals surface area contributed by atoms with Crippen LogP contribution < -0.4 is 4.90 Å². The first-order valence-corrected chi connectivity index (χ1v) is 17.5. The number of hydrogen-bond acceptors (Lipinski definition) is 5. The van der Waals surface area contributed by atoms with Crippen molar-refractivity contribution in [2.75, 3.05) is 44.4 Å². The highest BCUT2D eigenvalue weighted by molar-refractivity contribution is 5.62. The number of rotatable bonds is 14.